The Hall–Kier alpha value is -1.88. The van der Waals surface area contributed by atoms with E-state index in [0.717, 1.165) is 24.8 Å². The first-order valence-electron chi connectivity index (χ1n) is 7.38. The van der Waals surface area contributed by atoms with E-state index in [4.69, 9.17) is 4.74 Å². The minimum Gasteiger partial charge on any atom is -0.379 e. The number of benzene rings is 1. The molecule has 1 aromatic carbocycles. The highest BCUT2D eigenvalue weighted by atomic mass is 16.5. The van der Waals surface area contributed by atoms with E-state index in [9.17, 15) is 9.59 Å². The fourth-order valence-corrected chi connectivity index (χ4v) is 3.36. The van der Waals surface area contributed by atoms with E-state index < -0.39 is 6.04 Å². The third-order valence-electron chi connectivity index (χ3n) is 4.40. The summed E-state index contributed by atoms with van der Waals surface area (Å²) >= 11 is 0. The van der Waals surface area contributed by atoms with Crippen molar-refractivity contribution in [1.82, 2.24) is 10.2 Å². The van der Waals surface area contributed by atoms with Crippen molar-refractivity contribution in [2.24, 2.45) is 0 Å². The Morgan fingerprint density at radius 3 is 2.67 bits per heavy atom. The highest BCUT2D eigenvalue weighted by Crippen LogP contribution is 2.30. The van der Waals surface area contributed by atoms with Gasteiger partial charge in [0.25, 0.3) is 5.91 Å². The quantitative estimate of drug-likeness (QED) is 0.911. The summed E-state index contributed by atoms with van der Waals surface area (Å²) < 4.78 is 5.48. The number of hydrogen-bond acceptors (Lipinski definition) is 3. The highest BCUT2D eigenvalue weighted by molar-refractivity contribution is 5.95. The Morgan fingerprint density at radius 1 is 1.19 bits per heavy atom. The van der Waals surface area contributed by atoms with Gasteiger partial charge in [0, 0.05) is 7.11 Å². The molecule has 1 aromatic rings. The van der Waals surface area contributed by atoms with Crippen molar-refractivity contribution in [3.63, 3.8) is 0 Å². The lowest BCUT2D eigenvalue weighted by Crippen LogP contribution is -2.58. The van der Waals surface area contributed by atoms with Crippen molar-refractivity contribution in [3.8, 4) is 0 Å². The van der Waals surface area contributed by atoms with E-state index in [1.807, 2.05) is 30.3 Å². The van der Waals surface area contributed by atoms with Gasteiger partial charge in [0.2, 0.25) is 5.91 Å². The van der Waals surface area contributed by atoms with Crippen LogP contribution >= 0.6 is 0 Å². The van der Waals surface area contributed by atoms with Gasteiger partial charge in [-0.15, -0.1) is 0 Å². The van der Waals surface area contributed by atoms with Crippen molar-refractivity contribution in [3.05, 3.63) is 35.9 Å². The van der Waals surface area contributed by atoms with Gasteiger partial charge in [0.15, 0.2) is 0 Å². The Balaban J connectivity index is 1.85. The predicted molar refractivity (Wildman–Crippen MR) is 77.5 cm³/mol. The first-order chi connectivity index (χ1) is 10.2. The number of nitrogens with one attached hydrogen (secondary N) is 1. The van der Waals surface area contributed by atoms with Crippen molar-refractivity contribution >= 4 is 11.8 Å². The maximum absolute atomic E-state index is 12.8. The second-order valence-electron chi connectivity index (χ2n) is 5.65. The molecule has 1 N–H and O–H groups in total. The van der Waals surface area contributed by atoms with Crippen LogP contribution in [0.15, 0.2) is 30.3 Å². The maximum Gasteiger partial charge on any atom is 0.250 e. The van der Waals surface area contributed by atoms with Crippen molar-refractivity contribution < 1.29 is 14.3 Å². The average Bonchev–Trinajstić information content (AvgIpc) is 2.98. The third kappa shape index (κ3) is 2.65. The van der Waals surface area contributed by atoms with Crippen molar-refractivity contribution in [1.29, 1.82) is 0 Å². The van der Waals surface area contributed by atoms with Gasteiger partial charge in [-0.2, -0.15) is 0 Å². The predicted octanol–water partition coefficient (Wildman–Crippen LogP) is 1.25. The molecule has 2 amide bonds. The monoisotopic (exact) mass is 288 g/mol. The number of amides is 2. The minimum absolute atomic E-state index is 0.0137. The number of carbonyl (C=O) groups is 2. The van der Waals surface area contributed by atoms with Crippen LogP contribution in [0.1, 0.15) is 30.9 Å². The summed E-state index contributed by atoms with van der Waals surface area (Å²) in [5.74, 6) is -0.139. The van der Waals surface area contributed by atoms with Gasteiger partial charge in [0.1, 0.15) is 12.6 Å². The zero-order valence-electron chi connectivity index (χ0n) is 12.1. The molecule has 2 aliphatic rings. The molecule has 0 aromatic heterocycles. The van der Waals surface area contributed by atoms with Crippen molar-refractivity contribution in [2.45, 2.75) is 37.5 Å². The first-order valence-corrected chi connectivity index (χ1v) is 7.38. The maximum atomic E-state index is 12.8. The van der Waals surface area contributed by atoms with E-state index in [2.05, 4.69) is 5.32 Å². The largest absolute Gasteiger partial charge is 0.379 e. The molecule has 3 rings (SSSR count). The first kappa shape index (κ1) is 14.1. The van der Waals surface area contributed by atoms with Gasteiger partial charge < -0.3 is 15.0 Å². The summed E-state index contributed by atoms with van der Waals surface area (Å²) in [7, 11) is 1.67. The van der Waals surface area contributed by atoms with Crippen LogP contribution in [0.25, 0.3) is 0 Å². The van der Waals surface area contributed by atoms with Gasteiger partial charge in [-0.25, -0.2) is 0 Å². The summed E-state index contributed by atoms with van der Waals surface area (Å²) in [5.41, 5.74) is 0.826. The van der Waals surface area contributed by atoms with Crippen LogP contribution in [-0.2, 0) is 14.3 Å². The Bertz CT molecular complexity index is 532. The minimum atomic E-state index is -0.578. The zero-order chi connectivity index (χ0) is 14.8. The van der Waals surface area contributed by atoms with Crippen LogP contribution in [0, 0.1) is 0 Å². The number of hydrogen-bond donors (Lipinski definition) is 1. The summed E-state index contributed by atoms with van der Waals surface area (Å²) in [6, 6.07) is 8.82. The molecular formula is C16H20N2O3. The fourth-order valence-electron chi connectivity index (χ4n) is 3.36. The number of piperazine rings is 1. The number of nitrogens with zero attached hydrogens (tertiary/aromatic N) is 1. The number of carbonyl (C=O) groups excluding carboxylic acids is 2. The molecule has 0 bridgehead atoms. The van der Waals surface area contributed by atoms with Gasteiger partial charge in [-0.05, 0) is 24.8 Å². The topological polar surface area (TPSA) is 58.6 Å². The van der Waals surface area contributed by atoms with Crippen LogP contribution in [0.4, 0.5) is 0 Å². The zero-order valence-corrected chi connectivity index (χ0v) is 12.1. The normalized spacial score (nSPS) is 29.6. The molecule has 1 aliphatic carbocycles. The second-order valence-corrected chi connectivity index (χ2v) is 5.65. The number of rotatable bonds is 3. The molecule has 1 saturated heterocycles. The molecule has 1 aliphatic heterocycles. The van der Waals surface area contributed by atoms with Crippen LogP contribution in [-0.4, -0.2) is 42.5 Å². The van der Waals surface area contributed by atoms with Crippen LogP contribution in [0.3, 0.4) is 0 Å². The van der Waals surface area contributed by atoms with E-state index in [-0.39, 0.29) is 30.5 Å². The van der Waals surface area contributed by atoms with E-state index >= 15 is 0 Å². The van der Waals surface area contributed by atoms with Crippen LogP contribution in [0.5, 0.6) is 0 Å². The SMILES string of the molecule is COC1CCCC1N1CC(=O)NC(c2ccccc2)C1=O. The van der Waals surface area contributed by atoms with Crippen molar-refractivity contribution in [2.75, 3.05) is 13.7 Å². The van der Waals surface area contributed by atoms with Crippen LogP contribution < -0.4 is 5.32 Å². The lowest BCUT2D eigenvalue weighted by molar-refractivity contribution is -0.149. The van der Waals surface area contributed by atoms with Gasteiger partial charge in [-0.1, -0.05) is 30.3 Å². The van der Waals surface area contributed by atoms with Gasteiger partial charge in [-0.3, -0.25) is 9.59 Å². The molecule has 5 nitrogen and oxygen atoms in total. The third-order valence-corrected chi connectivity index (χ3v) is 4.40. The molecule has 5 heteroatoms. The molecule has 0 spiro atoms. The molecule has 3 unspecified atom stereocenters. The summed E-state index contributed by atoms with van der Waals surface area (Å²) in [6.45, 7) is 0.132. The van der Waals surface area contributed by atoms with E-state index in [1.165, 1.54) is 0 Å². The average molecular weight is 288 g/mol. The lowest BCUT2D eigenvalue weighted by Gasteiger charge is -2.38. The molecule has 1 saturated carbocycles. The van der Waals surface area contributed by atoms with Crippen LogP contribution in [0.2, 0.25) is 0 Å². The molecule has 112 valence electrons. The van der Waals surface area contributed by atoms with Gasteiger partial charge >= 0.3 is 0 Å². The molecular weight excluding hydrogens is 268 g/mol. The molecule has 0 radical (unpaired) electrons. The fraction of sp³-hybridized carbons (Fsp3) is 0.500. The number of methoxy groups -OCH3 is 1. The standard InChI is InChI=1S/C16H20N2O3/c1-21-13-9-5-8-12(13)18-10-14(19)17-15(16(18)20)11-6-3-2-4-7-11/h2-4,6-7,12-13,15H,5,8-10H2,1H3,(H,17,19). The number of ether oxygens (including phenoxy) is 1. The molecule has 1 heterocycles. The Labute approximate surface area is 124 Å². The summed E-state index contributed by atoms with van der Waals surface area (Å²) in [5, 5.41) is 2.80. The second kappa shape index (κ2) is 5.85. The Kier molecular flexibility index (Phi) is 3.92. The molecule has 3 atom stereocenters. The summed E-state index contributed by atoms with van der Waals surface area (Å²) in [4.78, 5) is 26.5. The highest BCUT2D eigenvalue weighted by Gasteiger charge is 2.41. The molecule has 21 heavy (non-hydrogen) atoms. The molecule has 2 fully saturated rings. The Morgan fingerprint density at radius 2 is 1.95 bits per heavy atom. The van der Waals surface area contributed by atoms with E-state index in [0.29, 0.717) is 0 Å². The lowest BCUT2D eigenvalue weighted by atomic mass is 10.0. The smallest absolute Gasteiger partial charge is 0.250 e. The summed E-state index contributed by atoms with van der Waals surface area (Å²) in [6.07, 6.45) is 2.92. The van der Waals surface area contributed by atoms with E-state index in [1.54, 1.807) is 12.0 Å². The van der Waals surface area contributed by atoms with Gasteiger partial charge in [0.05, 0.1) is 12.1 Å².